The van der Waals surface area contributed by atoms with Crippen LogP contribution in [0.4, 0.5) is 13.2 Å². The number of halogens is 3. The molecule has 0 aromatic heterocycles. The van der Waals surface area contributed by atoms with Gasteiger partial charge in [0.05, 0.1) is 18.7 Å². The number of fused-ring (bicyclic) bond motifs is 1. The monoisotopic (exact) mass is 417 g/mol. The minimum atomic E-state index is -5.08. The summed E-state index contributed by atoms with van der Waals surface area (Å²) >= 11 is 0. The highest BCUT2D eigenvalue weighted by atomic mass is 32.2. The van der Waals surface area contributed by atoms with Gasteiger partial charge in [-0.3, -0.25) is 9.59 Å². The van der Waals surface area contributed by atoms with Crippen LogP contribution in [-0.2, 0) is 24.4 Å². The second-order valence-electron chi connectivity index (χ2n) is 6.59. The van der Waals surface area contributed by atoms with Crippen molar-refractivity contribution in [1.82, 2.24) is 14.1 Å². The highest BCUT2D eigenvalue weighted by molar-refractivity contribution is 7.88. The summed E-state index contributed by atoms with van der Waals surface area (Å²) in [6, 6.07) is 0. The Morgan fingerprint density at radius 3 is 2.19 bits per heavy atom. The average Bonchev–Trinajstić information content (AvgIpc) is 2.94. The summed E-state index contributed by atoms with van der Waals surface area (Å²) in [5, 5.41) is 7.12. The molecule has 2 aliphatic heterocycles. The highest BCUT2D eigenvalue weighted by Gasteiger charge is 2.45. The lowest BCUT2D eigenvalue weighted by atomic mass is 9.88. The minimum Gasteiger partial charge on any atom is -0.475 e. The summed E-state index contributed by atoms with van der Waals surface area (Å²) in [4.78, 5) is 36.0. The summed E-state index contributed by atoms with van der Waals surface area (Å²) in [7, 11) is 0.0558. The fourth-order valence-corrected chi connectivity index (χ4v) is 3.70. The van der Waals surface area contributed by atoms with Crippen LogP contribution in [0, 0.1) is 11.8 Å². The van der Waals surface area contributed by atoms with Crippen molar-refractivity contribution in [3.8, 4) is 0 Å². The number of carbonyl (C=O) groups is 3. The van der Waals surface area contributed by atoms with Crippen LogP contribution < -0.4 is 0 Å². The van der Waals surface area contributed by atoms with Crippen molar-refractivity contribution in [1.29, 1.82) is 0 Å². The zero-order valence-corrected chi connectivity index (χ0v) is 15.9. The SMILES string of the molecule is CN(C)C(=O)CN1CC[C@H]2CN(S(C)(=O)=O)C[C@@H]2C1=O.O=C(O)C(F)(F)F. The molecule has 2 heterocycles. The van der Waals surface area contributed by atoms with E-state index in [-0.39, 0.29) is 36.7 Å². The van der Waals surface area contributed by atoms with E-state index in [1.807, 2.05) is 0 Å². The second-order valence-corrected chi connectivity index (χ2v) is 8.57. The van der Waals surface area contributed by atoms with Crippen molar-refractivity contribution in [2.24, 2.45) is 11.8 Å². The van der Waals surface area contributed by atoms with Crippen LogP contribution in [-0.4, -0.2) is 98.1 Å². The van der Waals surface area contributed by atoms with E-state index in [0.29, 0.717) is 13.1 Å². The van der Waals surface area contributed by atoms with E-state index < -0.39 is 22.2 Å². The first-order chi connectivity index (χ1) is 12.1. The Morgan fingerprint density at radius 2 is 1.78 bits per heavy atom. The van der Waals surface area contributed by atoms with E-state index in [4.69, 9.17) is 9.90 Å². The smallest absolute Gasteiger partial charge is 0.475 e. The number of hydrogen-bond acceptors (Lipinski definition) is 5. The molecule has 0 unspecified atom stereocenters. The van der Waals surface area contributed by atoms with Gasteiger partial charge < -0.3 is 14.9 Å². The number of likely N-dealkylation sites (tertiary alicyclic amines) is 1. The van der Waals surface area contributed by atoms with Crippen molar-refractivity contribution in [3.63, 3.8) is 0 Å². The lowest BCUT2D eigenvalue weighted by Crippen LogP contribution is -2.49. The summed E-state index contributed by atoms with van der Waals surface area (Å²) in [6.45, 7) is 1.27. The summed E-state index contributed by atoms with van der Waals surface area (Å²) in [6.07, 6.45) is -3.16. The molecule has 2 fully saturated rings. The van der Waals surface area contributed by atoms with Crippen LogP contribution in [0.1, 0.15) is 6.42 Å². The highest BCUT2D eigenvalue weighted by Crippen LogP contribution is 2.33. The van der Waals surface area contributed by atoms with E-state index in [2.05, 4.69) is 0 Å². The molecule has 27 heavy (non-hydrogen) atoms. The van der Waals surface area contributed by atoms with Crippen molar-refractivity contribution in [3.05, 3.63) is 0 Å². The number of hydrogen-bond donors (Lipinski definition) is 1. The zero-order chi connectivity index (χ0) is 21.2. The fraction of sp³-hybridized carbons (Fsp3) is 0.786. The van der Waals surface area contributed by atoms with Gasteiger partial charge in [-0.2, -0.15) is 13.2 Å². The molecule has 2 amide bonds. The molecule has 9 nitrogen and oxygen atoms in total. The Kier molecular flexibility index (Phi) is 7.22. The van der Waals surface area contributed by atoms with Crippen LogP contribution in [0.5, 0.6) is 0 Å². The topological polar surface area (TPSA) is 115 Å². The maximum absolute atomic E-state index is 12.4. The Labute approximate surface area is 154 Å². The van der Waals surface area contributed by atoms with Gasteiger partial charge in [0.15, 0.2) is 0 Å². The van der Waals surface area contributed by atoms with Crippen LogP contribution in [0.25, 0.3) is 0 Å². The number of piperidine rings is 1. The lowest BCUT2D eigenvalue weighted by molar-refractivity contribution is -0.192. The quantitative estimate of drug-likeness (QED) is 0.659. The second kappa shape index (κ2) is 8.42. The van der Waals surface area contributed by atoms with Gasteiger partial charge >= 0.3 is 12.1 Å². The van der Waals surface area contributed by atoms with Crippen molar-refractivity contribution in [2.75, 3.05) is 46.5 Å². The number of likely N-dealkylation sites (N-methyl/N-ethyl adjacent to an activating group) is 1. The average molecular weight is 417 g/mol. The van der Waals surface area contributed by atoms with Crippen molar-refractivity contribution >= 4 is 27.8 Å². The van der Waals surface area contributed by atoms with Gasteiger partial charge in [-0.1, -0.05) is 0 Å². The number of carboxylic acids is 1. The third-order valence-electron chi connectivity index (χ3n) is 4.34. The number of sulfonamides is 1. The van der Waals surface area contributed by atoms with Crippen LogP contribution in [0.15, 0.2) is 0 Å². The number of nitrogens with zero attached hydrogens (tertiary/aromatic N) is 3. The third kappa shape index (κ3) is 6.34. The van der Waals surface area contributed by atoms with Crippen LogP contribution >= 0.6 is 0 Å². The molecule has 0 spiro atoms. The Balaban J connectivity index is 0.000000445. The number of carboxylic acid groups (broad SMARTS) is 1. The molecule has 0 aromatic carbocycles. The van der Waals surface area contributed by atoms with E-state index in [0.717, 1.165) is 6.42 Å². The number of carbonyl (C=O) groups excluding carboxylic acids is 2. The van der Waals surface area contributed by atoms with Crippen molar-refractivity contribution in [2.45, 2.75) is 12.6 Å². The molecule has 0 aliphatic carbocycles. The maximum atomic E-state index is 12.4. The van der Waals surface area contributed by atoms with Gasteiger partial charge in [0, 0.05) is 33.7 Å². The Morgan fingerprint density at radius 1 is 1.26 bits per heavy atom. The number of rotatable bonds is 3. The number of amides is 2. The standard InChI is InChI=1S/C12H21N3O4S.C2HF3O2/c1-13(2)11(16)8-14-5-4-9-6-15(20(3,18)19)7-10(9)12(14)17;3-2(4,5)1(6)7/h9-10H,4-8H2,1-3H3;(H,6,7)/t9-,10-;/m0./s1. The van der Waals surface area contributed by atoms with Gasteiger partial charge in [0.25, 0.3) is 0 Å². The maximum Gasteiger partial charge on any atom is 0.490 e. The zero-order valence-electron chi connectivity index (χ0n) is 15.1. The molecule has 13 heteroatoms. The fourth-order valence-electron chi connectivity index (χ4n) is 2.80. The molecule has 0 bridgehead atoms. The molecular weight excluding hydrogens is 395 g/mol. The summed E-state index contributed by atoms with van der Waals surface area (Å²) in [5.74, 6) is -3.18. The molecule has 0 aromatic rings. The summed E-state index contributed by atoms with van der Waals surface area (Å²) < 4.78 is 56.3. The van der Waals surface area contributed by atoms with Gasteiger partial charge in [-0.15, -0.1) is 0 Å². The Bertz CT molecular complexity index is 695. The van der Waals surface area contributed by atoms with Gasteiger partial charge in [-0.05, 0) is 12.3 Å². The predicted molar refractivity (Wildman–Crippen MR) is 87.0 cm³/mol. The largest absolute Gasteiger partial charge is 0.490 e. The molecule has 2 aliphatic rings. The van der Waals surface area contributed by atoms with Gasteiger partial charge in [0.1, 0.15) is 0 Å². The molecule has 156 valence electrons. The molecule has 2 atom stereocenters. The van der Waals surface area contributed by atoms with Gasteiger partial charge in [0.2, 0.25) is 21.8 Å². The van der Waals surface area contributed by atoms with Gasteiger partial charge in [-0.25, -0.2) is 17.5 Å². The van der Waals surface area contributed by atoms with E-state index in [1.54, 1.807) is 19.0 Å². The molecule has 2 rings (SSSR count). The molecule has 0 radical (unpaired) electrons. The molecule has 1 N–H and O–H groups in total. The van der Waals surface area contributed by atoms with E-state index in [1.165, 1.54) is 15.5 Å². The first-order valence-corrected chi connectivity index (χ1v) is 9.73. The molecular formula is C14H22F3N3O6S. The van der Waals surface area contributed by atoms with Crippen LogP contribution in [0.2, 0.25) is 0 Å². The normalized spacial score (nSPS) is 23.3. The number of alkyl halides is 3. The van der Waals surface area contributed by atoms with E-state index >= 15 is 0 Å². The van der Waals surface area contributed by atoms with Crippen LogP contribution in [0.3, 0.4) is 0 Å². The lowest BCUT2D eigenvalue weighted by Gasteiger charge is -2.33. The molecule has 2 saturated heterocycles. The molecule has 0 saturated carbocycles. The number of aliphatic carboxylic acids is 1. The summed E-state index contributed by atoms with van der Waals surface area (Å²) in [5.41, 5.74) is 0. The predicted octanol–water partition coefficient (Wildman–Crippen LogP) is -0.552. The van der Waals surface area contributed by atoms with E-state index in [9.17, 15) is 31.2 Å². The first-order valence-electron chi connectivity index (χ1n) is 7.88. The third-order valence-corrected chi connectivity index (χ3v) is 5.58. The first kappa shape index (κ1) is 23.1. The minimum absolute atomic E-state index is 0.0773. The Hall–Kier alpha value is -1.89. The van der Waals surface area contributed by atoms with Crippen molar-refractivity contribution < 1.29 is 41.1 Å².